The van der Waals surface area contributed by atoms with Gasteiger partial charge in [0.2, 0.25) is 0 Å². The van der Waals surface area contributed by atoms with E-state index >= 15 is 0 Å². The third-order valence-electron chi connectivity index (χ3n) is 2.32. The first-order chi connectivity index (χ1) is 7.74. The fourth-order valence-corrected chi connectivity index (χ4v) is 2.30. The standard InChI is InChI=1S/C12H16Br2FN/c13-6-2-1-3-7-16-9-10-4-5-11(15)8-12(10)14/h4-5,8,16H,1-3,6-7,9H2. The van der Waals surface area contributed by atoms with E-state index in [9.17, 15) is 4.39 Å². The molecule has 0 fully saturated rings. The van der Waals surface area contributed by atoms with Crippen LogP contribution in [0.1, 0.15) is 24.8 Å². The molecule has 0 aliphatic heterocycles. The van der Waals surface area contributed by atoms with Crippen LogP contribution in [0.2, 0.25) is 0 Å². The minimum atomic E-state index is -0.201. The molecule has 1 rings (SSSR count). The second kappa shape index (κ2) is 8.20. The van der Waals surface area contributed by atoms with E-state index in [-0.39, 0.29) is 5.82 Å². The van der Waals surface area contributed by atoms with Gasteiger partial charge in [0.25, 0.3) is 0 Å². The molecule has 0 saturated carbocycles. The van der Waals surface area contributed by atoms with Crippen LogP contribution in [0.4, 0.5) is 4.39 Å². The predicted octanol–water partition coefficient (Wildman–Crippen LogP) is 4.24. The first-order valence-electron chi connectivity index (χ1n) is 5.44. The molecule has 0 heterocycles. The van der Waals surface area contributed by atoms with E-state index in [0.29, 0.717) is 0 Å². The van der Waals surface area contributed by atoms with Crippen molar-refractivity contribution >= 4 is 31.9 Å². The largest absolute Gasteiger partial charge is 0.313 e. The van der Waals surface area contributed by atoms with Gasteiger partial charge < -0.3 is 5.32 Å². The third kappa shape index (κ3) is 5.41. The van der Waals surface area contributed by atoms with Crippen LogP contribution in [0, 0.1) is 5.82 Å². The van der Waals surface area contributed by atoms with Crippen molar-refractivity contribution in [2.75, 3.05) is 11.9 Å². The van der Waals surface area contributed by atoms with Crippen molar-refractivity contribution in [1.82, 2.24) is 5.32 Å². The zero-order valence-electron chi connectivity index (χ0n) is 9.11. The van der Waals surface area contributed by atoms with E-state index in [1.54, 1.807) is 0 Å². The van der Waals surface area contributed by atoms with Crippen LogP contribution in [0.3, 0.4) is 0 Å². The highest BCUT2D eigenvalue weighted by Gasteiger charge is 2.00. The maximum atomic E-state index is 12.8. The van der Waals surface area contributed by atoms with Gasteiger partial charge in [-0.05, 0) is 37.1 Å². The zero-order valence-corrected chi connectivity index (χ0v) is 12.3. The lowest BCUT2D eigenvalue weighted by molar-refractivity contribution is 0.611. The number of rotatable bonds is 7. The van der Waals surface area contributed by atoms with Crippen LogP contribution in [-0.4, -0.2) is 11.9 Å². The summed E-state index contributed by atoms with van der Waals surface area (Å²) in [6.45, 7) is 1.80. The molecule has 4 heteroatoms. The molecule has 0 bridgehead atoms. The van der Waals surface area contributed by atoms with Gasteiger partial charge in [0, 0.05) is 16.3 Å². The lowest BCUT2D eigenvalue weighted by Crippen LogP contribution is -2.15. The third-order valence-corrected chi connectivity index (χ3v) is 3.62. The molecule has 0 spiro atoms. The van der Waals surface area contributed by atoms with Gasteiger partial charge >= 0.3 is 0 Å². The summed E-state index contributed by atoms with van der Waals surface area (Å²) < 4.78 is 13.7. The minimum Gasteiger partial charge on any atom is -0.313 e. The van der Waals surface area contributed by atoms with E-state index in [1.165, 1.54) is 31.4 Å². The highest BCUT2D eigenvalue weighted by Crippen LogP contribution is 2.17. The Labute approximate surface area is 113 Å². The normalized spacial score (nSPS) is 10.7. The SMILES string of the molecule is Fc1ccc(CNCCCCCBr)c(Br)c1. The molecule has 0 saturated heterocycles. The van der Waals surface area contributed by atoms with Crippen LogP contribution >= 0.6 is 31.9 Å². The van der Waals surface area contributed by atoms with Crippen LogP contribution in [-0.2, 0) is 6.54 Å². The van der Waals surface area contributed by atoms with Gasteiger partial charge in [-0.1, -0.05) is 44.3 Å². The molecule has 1 aromatic rings. The maximum absolute atomic E-state index is 12.8. The van der Waals surface area contributed by atoms with Crippen molar-refractivity contribution in [2.24, 2.45) is 0 Å². The number of hydrogen-bond donors (Lipinski definition) is 1. The predicted molar refractivity (Wildman–Crippen MR) is 73.5 cm³/mol. The molecule has 16 heavy (non-hydrogen) atoms. The molecule has 1 aromatic carbocycles. The quantitative estimate of drug-likeness (QED) is 0.571. The monoisotopic (exact) mass is 351 g/mol. The Morgan fingerprint density at radius 1 is 1.19 bits per heavy atom. The molecule has 1 N–H and O–H groups in total. The summed E-state index contributed by atoms with van der Waals surface area (Å²) in [6, 6.07) is 4.80. The number of benzene rings is 1. The van der Waals surface area contributed by atoms with E-state index < -0.39 is 0 Å². The summed E-state index contributed by atoms with van der Waals surface area (Å²) >= 11 is 6.76. The van der Waals surface area contributed by atoms with Gasteiger partial charge in [-0.2, -0.15) is 0 Å². The Morgan fingerprint density at radius 3 is 2.69 bits per heavy atom. The van der Waals surface area contributed by atoms with Crippen LogP contribution in [0.5, 0.6) is 0 Å². The molecule has 0 aliphatic carbocycles. The Morgan fingerprint density at radius 2 is 2.00 bits per heavy atom. The highest BCUT2D eigenvalue weighted by molar-refractivity contribution is 9.10. The summed E-state index contributed by atoms with van der Waals surface area (Å²) in [5, 5.41) is 4.43. The van der Waals surface area contributed by atoms with Gasteiger partial charge in [0.15, 0.2) is 0 Å². The van der Waals surface area contributed by atoms with Gasteiger partial charge in [-0.3, -0.25) is 0 Å². The Bertz CT molecular complexity index is 318. The number of hydrogen-bond acceptors (Lipinski definition) is 1. The fourth-order valence-electron chi connectivity index (χ4n) is 1.41. The second-order valence-corrected chi connectivity index (χ2v) is 5.31. The molecule has 90 valence electrons. The smallest absolute Gasteiger partial charge is 0.124 e. The van der Waals surface area contributed by atoms with Crippen molar-refractivity contribution in [3.05, 3.63) is 34.1 Å². The molecule has 0 aliphatic rings. The number of alkyl halides is 1. The van der Waals surface area contributed by atoms with Crippen LogP contribution in [0.15, 0.2) is 22.7 Å². The lowest BCUT2D eigenvalue weighted by Gasteiger charge is -2.06. The summed E-state index contributed by atoms with van der Waals surface area (Å²) in [7, 11) is 0. The average Bonchev–Trinajstić information content (AvgIpc) is 2.26. The van der Waals surface area contributed by atoms with Gasteiger partial charge in [0.1, 0.15) is 5.82 Å². The van der Waals surface area contributed by atoms with Gasteiger partial charge in [0.05, 0.1) is 0 Å². The summed E-state index contributed by atoms with van der Waals surface area (Å²) in [5.74, 6) is -0.201. The van der Waals surface area contributed by atoms with E-state index in [4.69, 9.17) is 0 Å². The Hall–Kier alpha value is 0.0700. The highest BCUT2D eigenvalue weighted by atomic mass is 79.9. The Balaban J connectivity index is 2.21. The average molecular weight is 353 g/mol. The first kappa shape index (κ1) is 14.1. The number of nitrogens with one attached hydrogen (secondary N) is 1. The van der Waals surface area contributed by atoms with E-state index in [0.717, 1.165) is 28.5 Å². The van der Waals surface area contributed by atoms with Crippen molar-refractivity contribution in [1.29, 1.82) is 0 Å². The maximum Gasteiger partial charge on any atom is 0.124 e. The summed E-state index contributed by atoms with van der Waals surface area (Å²) in [4.78, 5) is 0. The Kier molecular flexibility index (Phi) is 7.25. The summed E-state index contributed by atoms with van der Waals surface area (Å²) in [5.41, 5.74) is 1.10. The minimum absolute atomic E-state index is 0.201. The van der Waals surface area contributed by atoms with Crippen molar-refractivity contribution in [3.8, 4) is 0 Å². The lowest BCUT2D eigenvalue weighted by atomic mass is 10.2. The molecule has 0 radical (unpaired) electrons. The first-order valence-corrected chi connectivity index (χ1v) is 7.36. The zero-order chi connectivity index (χ0) is 11.8. The van der Waals surface area contributed by atoms with Crippen molar-refractivity contribution < 1.29 is 4.39 Å². The second-order valence-electron chi connectivity index (χ2n) is 3.66. The van der Waals surface area contributed by atoms with Crippen LogP contribution < -0.4 is 5.32 Å². The molecule has 0 amide bonds. The van der Waals surface area contributed by atoms with E-state index in [2.05, 4.69) is 37.2 Å². The fraction of sp³-hybridized carbons (Fsp3) is 0.500. The molecular formula is C12H16Br2FN. The molecule has 1 nitrogen and oxygen atoms in total. The molecule has 0 atom stereocenters. The number of unbranched alkanes of at least 4 members (excludes halogenated alkanes) is 2. The molecule has 0 unspecified atom stereocenters. The van der Waals surface area contributed by atoms with Crippen LogP contribution in [0.25, 0.3) is 0 Å². The van der Waals surface area contributed by atoms with Crippen molar-refractivity contribution in [3.63, 3.8) is 0 Å². The molecular weight excluding hydrogens is 337 g/mol. The topological polar surface area (TPSA) is 12.0 Å². The number of halogens is 3. The van der Waals surface area contributed by atoms with E-state index in [1.807, 2.05) is 6.07 Å². The van der Waals surface area contributed by atoms with Gasteiger partial charge in [-0.25, -0.2) is 4.39 Å². The van der Waals surface area contributed by atoms with Gasteiger partial charge in [-0.15, -0.1) is 0 Å². The summed E-state index contributed by atoms with van der Waals surface area (Å²) in [6.07, 6.45) is 3.65. The molecule has 0 aromatic heterocycles. The van der Waals surface area contributed by atoms with Crippen molar-refractivity contribution in [2.45, 2.75) is 25.8 Å².